The first-order chi connectivity index (χ1) is 12.0. The first-order valence-corrected chi connectivity index (χ1v) is 9.06. The molecule has 6 heteroatoms. The van der Waals surface area contributed by atoms with Gasteiger partial charge in [-0.3, -0.25) is 4.79 Å². The Morgan fingerprint density at radius 3 is 2.40 bits per heavy atom. The van der Waals surface area contributed by atoms with E-state index >= 15 is 0 Å². The summed E-state index contributed by atoms with van der Waals surface area (Å²) in [6.07, 6.45) is 2.94. The molecule has 2 aromatic rings. The predicted octanol–water partition coefficient (Wildman–Crippen LogP) is 2.19. The molecule has 1 amide bonds. The number of carbonyl (C=O) groups is 1. The average Bonchev–Trinajstić information content (AvgIpc) is 3.26. The number of pyridine rings is 1. The van der Waals surface area contributed by atoms with E-state index in [1.165, 1.54) is 0 Å². The van der Waals surface area contributed by atoms with Crippen LogP contribution in [0.15, 0.2) is 24.4 Å². The lowest BCUT2D eigenvalue weighted by Gasteiger charge is -2.35. The zero-order valence-electron chi connectivity index (χ0n) is 15.1. The molecule has 0 N–H and O–H groups in total. The van der Waals surface area contributed by atoms with Crippen LogP contribution in [-0.2, 0) is 4.79 Å². The fourth-order valence-corrected chi connectivity index (χ4v) is 3.64. The maximum Gasteiger partial charge on any atom is 0.226 e. The normalized spacial score (nSPS) is 23.0. The van der Waals surface area contributed by atoms with Gasteiger partial charge >= 0.3 is 0 Å². The number of carbonyl (C=O) groups excluding carboxylic acids is 1. The zero-order chi connectivity index (χ0) is 17.6. The quantitative estimate of drug-likeness (QED) is 0.860. The predicted molar refractivity (Wildman–Crippen MR) is 96.9 cm³/mol. The van der Waals surface area contributed by atoms with Gasteiger partial charge in [-0.15, -0.1) is 0 Å². The van der Waals surface area contributed by atoms with E-state index in [1.54, 1.807) is 0 Å². The first-order valence-electron chi connectivity index (χ1n) is 9.06. The Hall–Kier alpha value is -2.37. The van der Waals surface area contributed by atoms with Gasteiger partial charge in [-0.1, -0.05) is 6.92 Å². The minimum atomic E-state index is 0.282. The number of amides is 1. The van der Waals surface area contributed by atoms with Gasteiger partial charge in [-0.25, -0.2) is 9.67 Å². The van der Waals surface area contributed by atoms with Crippen molar-refractivity contribution < 1.29 is 4.79 Å². The van der Waals surface area contributed by atoms with Crippen molar-refractivity contribution in [1.29, 1.82) is 0 Å². The van der Waals surface area contributed by atoms with Crippen molar-refractivity contribution in [3.05, 3.63) is 35.8 Å². The van der Waals surface area contributed by atoms with Crippen molar-refractivity contribution >= 4 is 11.7 Å². The summed E-state index contributed by atoms with van der Waals surface area (Å²) in [5.74, 6) is 2.18. The van der Waals surface area contributed by atoms with Crippen molar-refractivity contribution in [3.63, 3.8) is 0 Å². The van der Waals surface area contributed by atoms with E-state index in [1.807, 2.05) is 35.7 Å². The van der Waals surface area contributed by atoms with Crippen LogP contribution in [0.5, 0.6) is 0 Å². The number of rotatable bonds is 3. The summed E-state index contributed by atoms with van der Waals surface area (Å²) in [4.78, 5) is 21.2. The highest BCUT2D eigenvalue weighted by Crippen LogP contribution is 2.39. The molecule has 2 atom stereocenters. The SMILES string of the molecule is Cc1cc(C)n(-c2ccc(N3CCN(C(=O)[C@H]4C[C@H]4C)CC3)nc2)n1. The Balaban J connectivity index is 1.40. The summed E-state index contributed by atoms with van der Waals surface area (Å²) >= 11 is 0. The summed E-state index contributed by atoms with van der Waals surface area (Å²) in [6, 6.07) is 6.17. The largest absolute Gasteiger partial charge is 0.353 e. The monoisotopic (exact) mass is 339 g/mol. The van der Waals surface area contributed by atoms with Crippen LogP contribution in [0, 0.1) is 25.7 Å². The smallest absolute Gasteiger partial charge is 0.226 e. The van der Waals surface area contributed by atoms with E-state index in [0.29, 0.717) is 11.8 Å². The minimum absolute atomic E-state index is 0.282. The van der Waals surface area contributed by atoms with Gasteiger partial charge in [-0.2, -0.15) is 5.10 Å². The van der Waals surface area contributed by atoms with E-state index in [0.717, 1.165) is 55.5 Å². The van der Waals surface area contributed by atoms with Crippen molar-refractivity contribution in [2.45, 2.75) is 27.2 Å². The van der Waals surface area contributed by atoms with Crippen LogP contribution in [0.25, 0.3) is 5.69 Å². The van der Waals surface area contributed by atoms with Crippen LogP contribution in [0.4, 0.5) is 5.82 Å². The van der Waals surface area contributed by atoms with Gasteiger partial charge in [-0.05, 0) is 44.4 Å². The van der Waals surface area contributed by atoms with Gasteiger partial charge in [0.15, 0.2) is 0 Å². The Labute approximate surface area is 148 Å². The van der Waals surface area contributed by atoms with Crippen LogP contribution in [0.2, 0.25) is 0 Å². The number of anilines is 1. The summed E-state index contributed by atoms with van der Waals surface area (Å²) < 4.78 is 1.92. The molecule has 4 rings (SSSR count). The molecule has 1 saturated carbocycles. The molecule has 1 saturated heterocycles. The summed E-state index contributed by atoms with van der Waals surface area (Å²) in [7, 11) is 0. The van der Waals surface area contributed by atoms with Gasteiger partial charge in [0, 0.05) is 37.8 Å². The lowest BCUT2D eigenvalue weighted by molar-refractivity contribution is -0.133. The van der Waals surface area contributed by atoms with Crippen LogP contribution >= 0.6 is 0 Å². The van der Waals surface area contributed by atoms with Crippen LogP contribution < -0.4 is 4.90 Å². The molecule has 0 bridgehead atoms. The molecule has 0 unspecified atom stereocenters. The third-order valence-corrected chi connectivity index (χ3v) is 5.33. The second-order valence-electron chi connectivity index (χ2n) is 7.35. The van der Waals surface area contributed by atoms with E-state index in [-0.39, 0.29) is 5.92 Å². The maximum atomic E-state index is 12.3. The third-order valence-electron chi connectivity index (χ3n) is 5.33. The lowest BCUT2D eigenvalue weighted by Crippen LogP contribution is -2.49. The summed E-state index contributed by atoms with van der Waals surface area (Å²) in [6.45, 7) is 9.48. The van der Waals surface area contributed by atoms with Crippen LogP contribution in [0.1, 0.15) is 24.7 Å². The second-order valence-corrected chi connectivity index (χ2v) is 7.35. The molecule has 25 heavy (non-hydrogen) atoms. The number of nitrogens with zero attached hydrogens (tertiary/aromatic N) is 5. The lowest BCUT2D eigenvalue weighted by atomic mass is 10.2. The highest BCUT2D eigenvalue weighted by atomic mass is 16.2. The number of aromatic nitrogens is 3. The highest BCUT2D eigenvalue weighted by Gasteiger charge is 2.41. The summed E-state index contributed by atoms with van der Waals surface area (Å²) in [5, 5.41) is 4.50. The number of aryl methyl sites for hydroxylation is 2. The molecule has 0 aromatic carbocycles. The van der Waals surface area contributed by atoms with E-state index in [2.05, 4.69) is 34.0 Å². The van der Waals surface area contributed by atoms with Crippen molar-refractivity contribution in [3.8, 4) is 5.69 Å². The molecule has 0 radical (unpaired) electrons. The average molecular weight is 339 g/mol. The van der Waals surface area contributed by atoms with Gasteiger partial charge in [0.1, 0.15) is 5.82 Å². The molecular formula is C19H25N5O. The van der Waals surface area contributed by atoms with Crippen LogP contribution in [0.3, 0.4) is 0 Å². The topological polar surface area (TPSA) is 54.3 Å². The molecule has 2 fully saturated rings. The second kappa shape index (κ2) is 6.17. The van der Waals surface area contributed by atoms with Crippen molar-refractivity contribution in [2.24, 2.45) is 11.8 Å². The first kappa shape index (κ1) is 16.1. The van der Waals surface area contributed by atoms with Gasteiger partial charge in [0.25, 0.3) is 0 Å². The fourth-order valence-electron chi connectivity index (χ4n) is 3.64. The molecule has 0 spiro atoms. The van der Waals surface area contributed by atoms with Gasteiger partial charge in [0.2, 0.25) is 5.91 Å². The van der Waals surface area contributed by atoms with Gasteiger partial charge in [0.05, 0.1) is 17.6 Å². The molecular weight excluding hydrogens is 314 g/mol. The van der Waals surface area contributed by atoms with E-state index in [9.17, 15) is 4.79 Å². The molecule has 1 aliphatic heterocycles. The number of piperazine rings is 1. The Morgan fingerprint density at radius 2 is 1.88 bits per heavy atom. The Kier molecular flexibility index (Phi) is 3.98. The molecule has 3 heterocycles. The van der Waals surface area contributed by atoms with Gasteiger partial charge < -0.3 is 9.80 Å². The number of hydrogen-bond acceptors (Lipinski definition) is 4. The van der Waals surface area contributed by atoms with Crippen molar-refractivity contribution in [1.82, 2.24) is 19.7 Å². The maximum absolute atomic E-state index is 12.3. The van der Waals surface area contributed by atoms with Crippen LogP contribution in [-0.4, -0.2) is 51.8 Å². The molecule has 2 aromatic heterocycles. The fraction of sp³-hybridized carbons (Fsp3) is 0.526. The summed E-state index contributed by atoms with van der Waals surface area (Å²) in [5.41, 5.74) is 3.09. The molecule has 6 nitrogen and oxygen atoms in total. The standard InChI is InChI=1S/C19H25N5O/c1-13-10-17(13)19(25)23-8-6-22(7-9-23)18-5-4-16(12-20-18)24-15(3)11-14(2)21-24/h4-5,11-13,17H,6-10H2,1-3H3/t13-,17+/m1/s1. The molecule has 1 aliphatic carbocycles. The molecule has 132 valence electrons. The van der Waals surface area contributed by atoms with E-state index < -0.39 is 0 Å². The minimum Gasteiger partial charge on any atom is -0.353 e. The molecule has 2 aliphatic rings. The zero-order valence-corrected chi connectivity index (χ0v) is 15.1. The van der Waals surface area contributed by atoms with E-state index in [4.69, 9.17) is 0 Å². The Morgan fingerprint density at radius 1 is 1.16 bits per heavy atom. The third kappa shape index (κ3) is 3.13. The number of hydrogen-bond donors (Lipinski definition) is 0. The Bertz CT molecular complexity index is 774. The van der Waals surface area contributed by atoms with Crippen molar-refractivity contribution in [2.75, 3.05) is 31.1 Å². The highest BCUT2D eigenvalue weighted by molar-refractivity contribution is 5.81.